The molecule has 6 aromatic rings. The van der Waals surface area contributed by atoms with Crippen LogP contribution >= 0.6 is 31.9 Å². The fourth-order valence-electron chi connectivity index (χ4n) is 6.12. The SMILES string of the molecule is Fc1cc2nc3c(n2cc1Br)[C@@H](c1ccccc1OC(F)F)OCC3.Fc1cc2nc3c(n2cc1Br)[C@H](c1ccccc1OC(F)F)OCC3. The van der Waals surface area contributed by atoms with Crippen LogP contribution in [-0.4, -0.2) is 45.2 Å². The van der Waals surface area contributed by atoms with E-state index >= 15 is 0 Å². The Morgan fingerprint density at radius 1 is 0.660 bits per heavy atom. The molecule has 16 heteroatoms. The van der Waals surface area contributed by atoms with Crippen molar-refractivity contribution in [1.82, 2.24) is 18.8 Å². The van der Waals surface area contributed by atoms with Crippen LogP contribution in [0.25, 0.3) is 11.3 Å². The molecule has 2 aromatic carbocycles. The quantitative estimate of drug-likeness (QED) is 0.156. The summed E-state index contributed by atoms with van der Waals surface area (Å²) in [5.74, 6) is -0.750. The third-order valence-electron chi connectivity index (χ3n) is 8.13. The lowest BCUT2D eigenvalue weighted by Crippen LogP contribution is -2.20. The molecule has 0 aliphatic carbocycles. The number of halogens is 8. The van der Waals surface area contributed by atoms with Gasteiger partial charge in [-0.05, 0) is 44.0 Å². The second kappa shape index (κ2) is 14.2. The molecule has 0 unspecified atom stereocenters. The normalized spacial score (nSPS) is 17.1. The van der Waals surface area contributed by atoms with Gasteiger partial charge in [0.1, 0.15) is 46.6 Å². The first-order valence-corrected chi connectivity index (χ1v) is 16.7. The molecule has 8 rings (SSSR count). The fourth-order valence-corrected chi connectivity index (χ4v) is 6.75. The lowest BCUT2D eigenvalue weighted by atomic mass is 10.0. The molecule has 2 aliphatic rings. The van der Waals surface area contributed by atoms with E-state index in [2.05, 4.69) is 51.3 Å². The molecule has 6 heterocycles. The molecule has 0 bridgehead atoms. The van der Waals surface area contributed by atoms with Gasteiger partial charge in [0, 0.05) is 48.5 Å². The van der Waals surface area contributed by atoms with Crippen LogP contribution in [0.2, 0.25) is 0 Å². The molecule has 8 nitrogen and oxygen atoms in total. The second-order valence-corrected chi connectivity index (χ2v) is 12.8. The number of imidazole rings is 2. The fraction of sp³-hybridized carbons (Fsp3) is 0.235. The molecule has 0 fully saturated rings. The summed E-state index contributed by atoms with van der Waals surface area (Å²) in [6.45, 7) is -5.10. The molecule has 260 valence electrons. The van der Waals surface area contributed by atoms with Gasteiger partial charge in [-0.1, -0.05) is 36.4 Å². The third-order valence-corrected chi connectivity index (χ3v) is 9.30. The Kier molecular flexibility index (Phi) is 9.78. The number of para-hydroxylation sites is 2. The minimum Gasteiger partial charge on any atom is -0.434 e. The smallest absolute Gasteiger partial charge is 0.387 e. The van der Waals surface area contributed by atoms with E-state index in [0.717, 1.165) is 11.4 Å². The summed E-state index contributed by atoms with van der Waals surface area (Å²) in [4.78, 5) is 8.91. The number of hydrogen-bond acceptors (Lipinski definition) is 6. The van der Waals surface area contributed by atoms with Crippen LogP contribution in [0.1, 0.15) is 46.1 Å². The Balaban J connectivity index is 0.000000157. The van der Waals surface area contributed by atoms with Crippen molar-refractivity contribution >= 4 is 43.2 Å². The molecule has 4 aromatic heterocycles. The van der Waals surface area contributed by atoms with Gasteiger partial charge < -0.3 is 18.9 Å². The summed E-state index contributed by atoms with van der Waals surface area (Å²) in [5.41, 5.74) is 4.71. The predicted molar refractivity (Wildman–Crippen MR) is 175 cm³/mol. The first-order chi connectivity index (χ1) is 24.1. The summed E-state index contributed by atoms with van der Waals surface area (Å²) in [6.07, 6.45) is 2.98. The van der Waals surface area contributed by atoms with E-state index in [1.165, 1.54) is 24.3 Å². The number of fused-ring (bicyclic) bond motifs is 6. The van der Waals surface area contributed by atoms with E-state index in [1.54, 1.807) is 57.6 Å². The molecular weight excluding hydrogens is 802 g/mol. The molecule has 50 heavy (non-hydrogen) atoms. The summed E-state index contributed by atoms with van der Waals surface area (Å²) in [5, 5.41) is 0. The van der Waals surface area contributed by atoms with Crippen LogP contribution in [0, 0.1) is 11.6 Å². The summed E-state index contributed by atoms with van der Waals surface area (Å²) in [6, 6.07) is 15.6. The van der Waals surface area contributed by atoms with Crippen molar-refractivity contribution in [3.8, 4) is 11.5 Å². The van der Waals surface area contributed by atoms with Crippen molar-refractivity contribution < 1.29 is 45.3 Å². The number of alkyl halides is 4. The number of benzene rings is 2. The molecule has 2 atom stereocenters. The molecular formula is C34H24Br2F6N4O4. The monoisotopic (exact) mass is 824 g/mol. The van der Waals surface area contributed by atoms with Crippen LogP contribution in [0.3, 0.4) is 0 Å². The average molecular weight is 826 g/mol. The first kappa shape index (κ1) is 34.3. The van der Waals surface area contributed by atoms with Gasteiger partial charge in [-0.15, -0.1) is 0 Å². The molecule has 0 saturated carbocycles. The van der Waals surface area contributed by atoms with E-state index in [1.807, 2.05) is 0 Å². The maximum atomic E-state index is 13.8. The van der Waals surface area contributed by atoms with E-state index in [0.29, 0.717) is 59.9 Å². The molecule has 2 aliphatic heterocycles. The van der Waals surface area contributed by atoms with Gasteiger partial charge in [0.05, 0.1) is 44.9 Å². The van der Waals surface area contributed by atoms with Gasteiger partial charge in [-0.3, -0.25) is 8.80 Å². The Morgan fingerprint density at radius 2 is 1.06 bits per heavy atom. The Bertz CT molecular complexity index is 2040. The third kappa shape index (κ3) is 6.68. The van der Waals surface area contributed by atoms with Crippen molar-refractivity contribution in [3.05, 3.63) is 128 Å². The highest BCUT2D eigenvalue weighted by atomic mass is 79.9. The number of pyridine rings is 2. The second-order valence-electron chi connectivity index (χ2n) is 11.1. The minimum absolute atomic E-state index is 0.0477. The van der Waals surface area contributed by atoms with E-state index in [9.17, 15) is 26.3 Å². The van der Waals surface area contributed by atoms with Gasteiger partial charge in [0.2, 0.25) is 0 Å². The highest BCUT2D eigenvalue weighted by Gasteiger charge is 2.32. The van der Waals surface area contributed by atoms with Gasteiger partial charge in [0.15, 0.2) is 0 Å². The van der Waals surface area contributed by atoms with Crippen LogP contribution in [0.4, 0.5) is 26.3 Å². The van der Waals surface area contributed by atoms with Crippen LogP contribution in [0.5, 0.6) is 11.5 Å². The number of hydrogen-bond donors (Lipinski definition) is 0. The van der Waals surface area contributed by atoms with Crippen LogP contribution in [0.15, 0.2) is 82.0 Å². The minimum atomic E-state index is -2.94. The summed E-state index contributed by atoms with van der Waals surface area (Å²) < 4.78 is 103. The number of rotatable bonds is 6. The topological polar surface area (TPSA) is 71.5 Å². The van der Waals surface area contributed by atoms with Crippen molar-refractivity contribution in [3.63, 3.8) is 0 Å². The van der Waals surface area contributed by atoms with Crippen molar-refractivity contribution in [2.24, 2.45) is 0 Å². The molecule has 0 amide bonds. The molecule has 0 N–H and O–H groups in total. The van der Waals surface area contributed by atoms with Crippen LogP contribution in [-0.2, 0) is 22.3 Å². The summed E-state index contributed by atoms with van der Waals surface area (Å²) >= 11 is 6.33. The van der Waals surface area contributed by atoms with Crippen LogP contribution < -0.4 is 9.47 Å². The van der Waals surface area contributed by atoms with Gasteiger partial charge in [-0.2, -0.15) is 17.6 Å². The van der Waals surface area contributed by atoms with Crippen molar-refractivity contribution in [1.29, 1.82) is 0 Å². The molecule has 0 radical (unpaired) electrons. The standard InChI is InChI=1S/2C17H12BrF3N2O2/c2*18-10-8-23-14(7-11(10)19)22-12-5-6-24-16(15(12)23)9-3-1-2-4-13(9)25-17(20)21/h2*1-4,7-8,16-17H,5-6H2/t2*16-/m10/s1. The van der Waals surface area contributed by atoms with E-state index < -0.39 is 37.1 Å². The van der Waals surface area contributed by atoms with Crippen molar-refractivity contribution in [2.75, 3.05) is 13.2 Å². The highest BCUT2D eigenvalue weighted by molar-refractivity contribution is 9.10. The number of aromatic nitrogens is 4. The summed E-state index contributed by atoms with van der Waals surface area (Å²) in [7, 11) is 0. The lowest BCUT2D eigenvalue weighted by molar-refractivity contribution is -0.0530. The highest BCUT2D eigenvalue weighted by Crippen LogP contribution is 2.40. The van der Waals surface area contributed by atoms with Gasteiger partial charge in [-0.25, -0.2) is 18.7 Å². The van der Waals surface area contributed by atoms with Gasteiger partial charge >= 0.3 is 13.2 Å². The van der Waals surface area contributed by atoms with Crippen molar-refractivity contribution in [2.45, 2.75) is 38.3 Å². The predicted octanol–water partition coefficient (Wildman–Crippen LogP) is 9.00. The average Bonchev–Trinajstić information content (AvgIpc) is 3.62. The Labute approximate surface area is 296 Å². The number of ether oxygens (including phenoxy) is 4. The number of nitrogens with zero attached hydrogens (tertiary/aromatic N) is 4. The Hall–Kier alpha value is -4.12. The Morgan fingerprint density at radius 3 is 1.46 bits per heavy atom. The lowest BCUT2D eigenvalue weighted by Gasteiger charge is -2.25. The van der Waals surface area contributed by atoms with E-state index in [-0.39, 0.29) is 20.4 Å². The zero-order chi connectivity index (χ0) is 35.1. The van der Waals surface area contributed by atoms with Gasteiger partial charge in [0.25, 0.3) is 0 Å². The maximum Gasteiger partial charge on any atom is 0.387 e. The first-order valence-electron chi connectivity index (χ1n) is 15.1. The molecule has 0 saturated heterocycles. The van der Waals surface area contributed by atoms with E-state index in [4.69, 9.17) is 9.47 Å². The maximum absolute atomic E-state index is 13.8. The zero-order valence-corrected chi connectivity index (χ0v) is 28.7. The largest absolute Gasteiger partial charge is 0.434 e. The molecule has 0 spiro atoms. The zero-order valence-electron chi connectivity index (χ0n) is 25.5.